The maximum atomic E-state index is 3.77. The third-order valence-electron chi connectivity index (χ3n) is 3.93. The quantitative estimate of drug-likeness (QED) is 0.721. The Labute approximate surface area is 118 Å². The molecular formula is C17H28N2. The second-order valence-corrected chi connectivity index (χ2v) is 6.19. The van der Waals surface area contributed by atoms with Gasteiger partial charge in [-0.1, -0.05) is 29.8 Å². The van der Waals surface area contributed by atoms with Gasteiger partial charge in [-0.3, -0.25) is 0 Å². The lowest BCUT2D eigenvalue weighted by atomic mass is 10.0. The molecule has 2 nitrogen and oxygen atoms in total. The van der Waals surface area contributed by atoms with E-state index in [1.165, 1.54) is 43.4 Å². The lowest BCUT2D eigenvalue weighted by Crippen LogP contribution is -2.25. The minimum Gasteiger partial charge on any atom is -0.310 e. The van der Waals surface area contributed by atoms with Crippen molar-refractivity contribution in [3.8, 4) is 0 Å². The molecule has 0 aromatic heterocycles. The van der Waals surface area contributed by atoms with E-state index in [0.29, 0.717) is 6.04 Å². The molecule has 1 aromatic rings. The average Bonchev–Trinajstić information content (AvgIpc) is 3.19. The molecular weight excluding hydrogens is 232 g/mol. The van der Waals surface area contributed by atoms with E-state index in [0.717, 1.165) is 12.5 Å². The van der Waals surface area contributed by atoms with Gasteiger partial charge >= 0.3 is 0 Å². The van der Waals surface area contributed by atoms with E-state index in [1.807, 2.05) is 0 Å². The Bertz CT molecular complexity index is 365. The van der Waals surface area contributed by atoms with E-state index >= 15 is 0 Å². The Kier molecular flexibility index (Phi) is 5.41. The summed E-state index contributed by atoms with van der Waals surface area (Å²) in [5, 5.41) is 3.77. The van der Waals surface area contributed by atoms with Gasteiger partial charge in [0.1, 0.15) is 0 Å². The van der Waals surface area contributed by atoms with Gasteiger partial charge in [0, 0.05) is 6.04 Å². The summed E-state index contributed by atoms with van der Waals surface area (Å²) >= 11 is 0. The summed E-state index contributed by atoms with van der Waals surface area (Å²) in [7, 11) is 4.29. The highest BCUT2D eigenvalue weighted by molar-refractivity contribution is 5.25. The molecule has 1 aliphatic carbocycles. The number of hydrogen-bond donors (Lipinski definition) is 1. The molecule has 0 aliphatic heterocycles. The third kappa shape index (κ3) is 4.96. The molecule has 19 heavy (non-hydrogen) atoms. The van der Waals surface area contributed by atoms with Crippen LogP contribution in [0.1, 0.15) is 42.9 Å². The van der Waals surface area contributed by atoms with Crippen molar-refractivity contribution in [2.24, 2.45) is 5.92 Å². The van der Waals surface area contributed by atoms with Crippen molar-refractivity contribution in [2.75, 3.05) is 27.2 Å². The monoisotopic (exact) mass is 260 g/mol. The molecule has 0 spiro atoms. The van der Waals surface area contributed by atoms with Crippen LogP contribution in [0, 0.1) is 12.8 Å². The summed E-state index contributed by atoms with van der Waals surface area (Å²) in [6.45, 7) is 4.49. The molecule has 2 heteroatoms. The molecule has 1 saturated carbocycles. The Hall–Kier alpha value is -0.860. The smallest absolute Gasteiger partial charge is 0.0348 e. The maximum Gasteiger partial charge on any atom is 0.0348 e. The molecule has 0 amide bonds. The van der Waals surface area contributed by atoms with Gasteiger partial charge in [-0.2, -0.15) is 0 Å². The molecule has 0 saturated heterocycles. The second kappa shape index (κ2) is 7.06. The van der Waals surface area contributed by atoms with Crippen LogP contribution in [0.5, 0.6) is 0 Å². The van der Waals surface area contributed by atoms with Crippen molar-refractivity contribution in [1.29, 1.82) is 0 Å². The van der Waals surface area contributed by atoms with Crippen LogP contribution in [0.2, 0.25) is 0 Å². The van der Waals surface area contributed by atoms with Crippen molar-refractivity contribution in [3.05, 3.63) is 35.4 Å². The Morgan fingerprint density at radius 3 is 2.42 bits per heavy atom. The number of aryl methyl sites for hydroxylation is 1. The molecule has 1 fully saturated rings. The van der Waals surface area contributed by atoms with Crippen LogP contribution in [0.3, 0.4) is 0 Å². The van der Waals surface area contributed by atoms with Crippen molar-refractivity contribution in [2.45, 2.75) is 38.6 Å². The van der Waals surface area contributed by atoms with Gasteiger partial charge in [-0.05, 0) is 71.3 Å². The van der Waals surface area contributed by atoms with Crippen LogP contribution < -0.4 is 5.32 Å². The molecule has 2 rings (SSSR count). The zero-order chi connectivity index (χ0) is 13.7. The van der Waals surface area contributed by atoms with Crippen LogP contribution in [0.15, 0.2) is 24.3 Å². The Morgan fingerprint density at radius 2 is 1.84 bits per heavy atom. The van der Waals surface area contributed by atoms with Crippen LogP contribution in [-0.2, 0) is 0 Å². The zero-order valence-corrected chi connectivity index (χ0v) is 12.7. The number of unbranched alkanes of at least 4 members (excludes halogenated alkanes) is 1. The SMILES string of the molecule is Cc1ccc(C(NCCCCN(C)C)C2CC2)cc1. The highest BCUT2D eigenvalue weighted by atomic mass is 15.0. The Balaban J connectivity index is 1.78. The van der Waals surface area contributed by atoms with Gasteiger partial charge in [0.05, 0.1) is 0 Å². The van der Waals surface area contributed by atoms with Gasteiger partial charge in [-0.25, -0.2) is 0 Å². The number of rotatable bonds is 8. The topological polar surface area (TPSA) is 15.3 Å². The van der Waals surface area contributed by atoms with Gasteiger partial charge in [-0.15, -0.1) is 0 Å². The number of hydrogen-bond acceptors (Lipinski definition) is 2. The summed E-state index contributed by atoms with van der Waals surface area (Å²) in [5.74, 6) is 0.872. The van der Waals surface area contributed by atoms with Crippen LogP contribution >= 0.6 is 0 Å². The molecule has 1 atom stereocenters. The second-order valence-electron chi connectivity index (χ2n) is 6.19. The fourth-order valence-electron chi connectivity index (χ4n) is 2.57. The van der Waals surface area contributed by atoms with E-state index in [-0.39, 0.29) is 0 Å². The first-order valence-electron chi connectivity index (χ1n) is 7.61. The highest BCUT2D eigenvalue weighted by Crippen LogP contribution is 2.40. The fraction of sp³-hybridized carbons (Fsp3) is 0.647. The van der Waals surface area contributed by atoms with Crippen molar-refractivity contribution in [3.63, 3.8) is 0 Å². The number of nitrogens with zero attached hydrogens (tertiary/aromatic N) is 1. The molecule has 0 bridgehead atoms. The van der Waals surface area contributed by atoms with Crippen molar-refractivity contribution < 1.29 is 0 Å². The minimum atomic E-state index is 0.583. The predicted molar refractivity (Wildman–Crippen MR) is 82.4 cm³/mol. The molecule has 1 aliphatic rings. The van der Waals surface area contributed by atoms with Gasteiger partial charge < -0.3 is 10.2 Å². The predicted octanol–water partition coefficient (Wildman–Crippen LogP) is 3.38. The van der Waals surface area contributed by atoms with Crippen molar-refractivity contribution >= 4 is 0 Å². The standard InChI is InChI=1S/C17H28N2/c1-14-6-8-15(9-7-14)17(16-10-11-16)18-12-4-5-13-19(2)3/h6-9,16-18H,4-5,10-13H2,1-3H3. The van der Waals surface area contributed by atoms with E-state index in [1.54, 1.807) is 0 Å². The summed E-state index contributed by atoms with van der Waals surface area (Å²) in [5.41, 5.74) is 2.82. The number of nitrogens with one attached hydrogen (secondary N) is 1. The summed E-state index contributed by atoms with van der Waals surface area (Å²) in [6.07, 6.45) is 5.34. The van der Waals surface area contributed by atoms with E-state index < -0.39 is 0 Å². The minimum absolute atomic E-state index is 0.583. The zero-order valence-electron chi connectivity index (χ0n) is 12.7. The van der Waals surface area contributed by atoms with Gasteiger partial charge in [0.2, 0.25) is 0 Å². The lowest BCUT2D eigenvalue weighted by Gasteiger charge is -2.19. The summed E-state index contributed by atoms with van der Waals surface area (Å²) in [6, 6.07) is 9.65. The first-order valence-corrected chi connectivity index (χ1v) is 7.61. The van der Waals surface area contributed by atoms with Crippen LogP contribution in [0.25, 0.3) is 0 Å². The summed E-state index contributed by atoms with van der Waals surface area (Å²) < 4.78 is 0. The molecule has 1 unspecified atom stereocenters. The third-order valence-corrected chi connectivity index (χ3v) is 3.93. The molecule has 106 valence electrons. The van der Waals surface area contributed by atoms with Crippen LogP contribution in [0.4, 0.5) is 0 Å². The number of benzene rings is 1. The largest absolute Gasteiger partial charge is 0.310 e. The first kappa shape index (κ1) is 14.5. The summed E-state index contributed by atoms with van der Waals surface area (Å²) in [4.78, 5) is 2.26. The van der Waals surface area contributed by atoms with E-state index in [4.69, 9.17) is 0 Å². The lowest BCUT2D eigenvalue weighted by molar-refractivity contribution is 0.384. The van der Waals surface area contributed by atoms with E-state index in [2.05, 4.69) is 55.5 Å². The van der Waals surface area contributed by atoms with Gasteiger partial charge in [0.25, 0.3) is 0 Å². The molecule has 0 heterocycles. The molecule has 0 radical (unpaired) electrons. The first-order chi connectivity index (χ1) is 9.16. The van der Waals surface area contributed by atoms with Gasteiger partial charge in [0.15, 0.2) is 0 Å². The highest BCUT2D eigenvalue weighted by Gasteiger charge is 2.31. The average molecular weight is 260 g/mol. The maximum absolute atomic E-state index is 3.77. The van der Waals surface area contributed by atoms with Crippen molar-refractivity contribution in [1.82, 2.24) is 10.2 Å². The molecule has 1 N–H and O–H groups in total. The van der Waals surface area contributed by atoms with Crippen LogP contribution in [-0.4, -0.2) is 32.1 Å². The fourth-order valence-corrected chi connectivity index (χ4v) is 2.57. The Morgan fingerprint density at radius 1 is 1.16 bits per heavy atom. The molecule has 1 aromatic carbocycles. The van der Waals surface area contributed by atoms with E-state index in [9.17, 15) is 0 Å². The normalized spacial score (nSPS) is 16.8.